The Bertz CT molecular complexity index is 1070. The molecule has 0 spiro atoms. The van der Waals surface area contributed by atoms with E-state index in [0.29, 0.717) is 11.4 Å². The molecule has 2 N–H and O–H groups in total. The summed E-state index contributed by atoms with van der Waals surface area (Å²) in [4.78, 5) is 16.2. The molecule has 1 heterocycles. The molecule has 1 amide bonds. The van der Waals surface area contributed by atoms with Crippen LogP contribution in [-0.4, -0.2) is 25.1 Å². The number of thioether (sulfide) groups is 1. The fraction of sp³-hybridized carbons (Fsp3) is 0.143. The maximum Gasteiger partial charge on any atom is 0.263 e. The fourth-order valence-corrected chi connectivity index (χ4v) is 4.47. The molecule has 150 valence electrons. The molecule has 29 heavy (non-hydrogen) atoms. The number of carbonyl (C=O) groups excluding carboxylic acids is 1. The third-order valence-electron chi connectivity index (χ3n) is 4.10. The number of nitrogens with zero attached hydrogens (tertiary/aromatic N) is 1. The first-order valence-electron chi connectivity index (χ1n) is 8.90. The van der Waals surface area contributed by atoms with Gasteiger partial charge in [-0.25, -0.2) is 13.4 Å². The molecule has 3 rings (SSSR count). The van der Waals surface area contributed by atoms with Crippen molar-refractivity contribution >= 4 is 39.2 Å². The predicted molar refractivity (Wildman–Crippen MR) is 117 cm³/mol. The molecule has 0 atom stereocenters. The van der Waals surface area contributed by atoms with Gasteiger partial charge in [0.05, 0.1) is 10.6 Å². The van der Waals surface area contributed by atoms with Crippen LogP contribution in [0.15, 0.2) is 77.8 Å². The first-order valence-corrected chi connectivity index (χ1v) is 11.5. The molecule has 3 aromatic rings. The summed E-state index contributed by atoms with van der Waals surface area (Å²) >= 11 is 1.53. The Morgan fingerprint density at radius 3 is 2.41 bits per heavy atom. The number of aromatic nitrogens is 1. The zero-order valence-electron chi connectivity index (χ0n) is 15.8. The van der Waals surface area contributed by atoms with Crippen molar-refractivity contribution in [2.75, 3.05) is 15.8 Å². The number of hydrogen-bond acceptors (Lipinski definition) is 5. The Balaban J connectivity index is 1.53. The topological polar surface area (TPSA) is 88.2 Å². The molecule has 0 radical (unpaired) electrons. The van der Waals surface area contributed by atoms with Crippen molar-refractivity contribution in [2.24, 2.45) is 0 Å². The lowest BCUT2D eigenvalue weighted by Gasteiger charge is -2.09. The molecule has 0 aliphatic carbocycles. The molecule has 0 saturated carbocycles. The van der Waals surface area contributed by atoms with Crippen LogP contribution >= 0.6 is 11.8 Å². The van der Waals surface area contributed by atoms with Crippen LogP contribution in [0.25, 0.3) is 0 Å². The molecule has 1 aromatic heterocycles. The van der Waals surface area contributed by atoms with Gasteiger partial charge in [0.15, 0.2) is 0 Å². The van der Waals surface area contributed by atoms with Crippen molar-refractivity contribution in [3.05, 3.63) is 84.1 Å². The number of anilines is 2. The van der Waals surface area contributed by atoms with E-state index in [-0.39, 0.29) is 16.6 Å². The molecule has 0 aliphatic rings. The number of rotatable bonds is 8. The average Bonchev–Trinajstić information content (AvgIpc) is 2.70. The second-order valence-electron chi connectivity index (χ2n) is 6.31. The van der Waals surface area contributed by atoms with Gasteiger partial charge in [-0.05, 0) is 54.4 Å². The van der Waals surface area contributed by atoms with Crippen LogP contribution in [0.4, 0.5) is 11.5 Å². The third-order valence-corrected chi connectivity index (χ3v) is 6.46. The third kappa shape index (κ3) is 6.07. The highest BCUT2D eigenvalue weighted by Gasteiger charge is 2.14. The number of amides is 1. The molecule has 0 saturated heterocycles. The first-order chi connectivity index (χ1) is 13.9. The summed E-state index contributed by atoms with van der Waals surface area (Å²) < 4.78 is 27.2. The standard InChI is InChI=1S/C21H21N3O3S2/c1-16-6-2-3-7-17(16)14-28-15-21(25)23-18-9-11-19(12-10-18)29(26,27)24-20-8-4-5-13-22-20/h2-13H,14-15H2,1H3,(H,22,24)(H,23,25). The Morgan fingerprint density at radius 1 is 1.00 bits per heavy atom. The quantitative estimate of drug-likeness (QED) is 0.566. The second kappa shape index (κ2) is 9.58. The van der Waals surface area contributed by atoms with Gasteiger partial charge in [0.2, 0.25) is 5.91 Å². The van der Waals surface area contributed by atoms with Gasteiger partial charge in [0.25, 0.3) is 10.0 Å². The van der Waals surface area contributed by atoms with E-state index in [9.17, 15) is 13.2 Å². The van der Waals surface area contributed by atoms with E-state index in [2.05, 4.69) is 21.1 Å². The smallest absolute Gasteiger partial charge is 0.263 e. The molecule has 8 heteroatoms. The predicted octanol–water partition coefficient (Wildman–Crippen LogP) is 4.06. The van der Waals surface area contributed by atoms with Gasteiger partial charge >= 0.3 is 0 Å². The number of pyridine rings is 1. The van der Waals surface area contributed by atoms with Crippen LogP contribution in [-0.2, 0) is 20.6 Å². The summed E-state index contributed by atoms with van der Waals surface area (Å²) in [5, 5.41) is 2.78. The van der Waals surface area contributed by atoms with Crippen LogP contribution in [0.5, 0.6) is 0 Å². The molecule has 0 unspecified atom stereocenters. The highest BCUT2D eigenvalue weighted by Crippen LogP contribution is 2.19. The van der Waals surface area contributed by atoms with E-state index in [4.69, 9.17) is 0 Å². The van der Waals surface area contributed by atoms with Gasteiger partial charge < -0.3 is 5.32 Å². The van der Waals surface area contributed by atoms with Crippen LogP contribution in [0.2, 0.25) is 0 Å². The Hall–Kier alpha value is -2.84. The minimum atomic E-state index is -3.74. The lowest BCUT2D eigenvalue weighted by molar-refractivity contribution is -0.113. The maximum absolute atomic E-state index is 12.4. The second-order valence-corrected chi connectivity index (χ2v) is 8.98. The zero-order valence-corrected chi connectivity index (χ0v) is 17.5. The van der Waals surface area contributed by atoms with E-state index in [0.717, 1.165) is 5.75 Å². The van der Waals surface area contributed by atoms with Crippen molar-refractivity contribution in [1.29, 1.82) is 0 Å². The molecule has 2 aromatic carbocycles. The lowest BCUT2D eigenvalue weighted by Crippen LogP contribution is -2.15. The van der Waals surface area contributed by atoms with Crippen molar-refractivity contribution in [2.45, 2.75) is 17.6 Å². The molecular formula is C21H21N3O3S2. The van der Waals surface area contributed by atoms with Crippen LogP contribution in [0.1, 0.15) is 11.1 Å². The minimum absolute atomic E-state index is 0.0927. The fourth-order valence-electron chi connectivity index (χ4n) is 2.56. The van der Waals surface area contributed by atoms with Gasteiger partial charge in [-0.3, -0.25) is 9.52 Å². The summed E-state index contributed by atoms with van der Waals surface area (Å²) in [6.45, 7) is 2.05. The normalized spacial score (nSPS) is 11.1. The van der Waals surface area contributed by atoms with E-state index in [1.54, 1.807) is 30.3 Å². The van der Waals surface area contributed by atoms with Crippen LogP contribution in [0, 0.1) is 6.92 Å². The monoisotopic (exact) mass is 427 g/mol. The van der Waals surface area contributed by atoms with E-state index >= 15 is 0 Å². The Morgan fingerprint density at radius 2 is 1.72 bits per heavy atom. The minimum Gasteiger partial charge on any atom is -0.325 e. The number of aryl methyl sites for hydroxylation is 1. The Labute approximate surface area is 174 Å². The highest BCUT2D eigenvalue weighted by molar-refractivity contribution is 7.99. The van der Waals surface area contributed by atoms with Crippen LogP contribution < -0.4 is 10.0 Å². The Kier molecular flexibility index (Phi) is 6.90. The molecule has 0 bridgehead atoms. The number of carbonyl (C=O) groups is 1. The number of sulfonamides is 1. The van der Waals surface area contributed by atoms with Crippen LogP contribution in [0.3, 0.4) is 0 Å². The van der Waals surface area contributed by atoms with Gasteiger partial charge in [0, 0.05) is 17.6 Å². The number of nitrogens with one attached hydrogen (secondary N) is 2. The van der Waals surface area contributed by atoms with Crippen molar-refractivity contribution in [3.8, 4) is 0 Å². The molecule has 0 aliphatic heterocycles. The summed E-state index contributed by atoms with van der Waals surface area (Å²) in [6.07, 6.45) is 1.51. The number of hydrogen-bond donors (Lipinski definition) is 2. The SMILES string of the molecule is Cc1ccccc1CSCC(=O)Nc1ccc(S(=O)(=O)Nc2ccccn2)cc1. The van der Waals surface area contributed by atoms with Gasteiger partial charge in [-0.15, -0.1) is 11.8 Å². The highest BCUT2D eigenvalue weighted by atomic mass is 32.2. The summed E-state index contributed by atoms with van der Waals surface area (Å²) in [5.41, 5.74) is 2.96. The maximum atomic E-state index is 12.4. The van der Waals surface area contributed by atoms with Gasteiger partial charge in [-0.2, -0.15) is 0 Å². The largest absolute Gasteiger partial charge is 0.325 e. The first kappa shape index (κ1) is 20.9. The van der Waals surface area contributed by atoms with E-state index in [1.807, 2.05) is 25.1 Å². The molecular weight excluding hydrogens is 406 g/mol. The van der Waals surface area contributed by atoms with Gasteiger partial charge in [-0.1, -0.05) is 30.3 Å². The van der Waals surface area contributed by atoms with E-state index in [1.165, 1.54) is 41.2 Å². The van der Waals surface area contributed by atoms with Gasteiger partial charge in [0.1, 0.15) is 5.82 Å². The summed E-state index contributed by atoms with van der Waals surface area (Å²) in [5.74, 6) is 1.19. The lowest BCUT2D eigenvalue weighted by atomic mass is 10.1. The summed E-state index contributed by atoms with van der Waals surface area (Å²) in [7, 11) is -3.74. The summed E-state index contributed by atoms with van der Waals surface area (Å²) in [6, 6.07) is 19.1. The van der Waals surface area contributed by atoms with Crippen molar-refractivity contribution in [1.82, 2.24) is 4.98 Å². The zero-order chi connectivity index (χ0) is 20.7. The molecule has 0 fully saturated rings. The molecule has 6 nitrogen and oxygen atoms in total. The average molecular weight is 428 g/mol. The number of benzene rings is 2. The van der Waals surface area contributed by atoms with Crippen molar-refractivity contribution in [3.63, 3.8) is 0 Å². The van der Waals surface area contributed by atoms with E-state index < -0.39 is 10.0 Å². The van der Waals surface area contributed by atoms with Crippen molar-refractivity contribution < 1.29 is 13.2 Å².